The number of ether oxygens (including phenoxy) is 1. The number of fused-ring (bicyclic) bond motifs is 1. The summed E-state index contributed by atoms with van der Waals surface area (Å²) in [4.78, 5) is 8.59. The van der Waals surface area contributed by atoms with Crippen LogP contribution in [0.2, 0.25) is 0 Å². The fraction of sp³-hybridized carbons (Fsp3) is 0.333. The standard InChI is InChI=1S/C18H21N3O3S/c1-12(2)10-24-18-16-14(4)9-21(17(16)19-11-20-18)25(22,23)15-7-5-13(3)6-8-15/h5-9,11-12H,10H2,1-4H3. The Morgan fingerprint density at radius 3 is 2.44 bits per heavy atom. The lowest BCUT2D eigenvalue weighted by molar-refractivity contribution is 0.264. The predicted octanol–water partition coefficient (Wildman–Crippen LogP) is 3.32. The molecule has 0 saturated carbocycles. The number of aromatic nitrogens is 3. The lowest BCUT2D eigenvalue weighted by Gasteiger charge is -2.10. The minimum atomic E-state index is -3.74. The van der Waals surface area contributed by atoms with Crippen LogP contribution in [0.4, 0.5) is 0 Å². The van der Waals surface area contributed by atoms with Gasteiger partial charge in [-0.3, -0.25) is 0 Å². The van der Waals surface area contributed by atoms with Gasteiger partial charge in [0.25, 0.3) is 10.0 Å². The van der Waals surface area contributed by atoms with Gasteiger partial charge >= 0.3 is 0 Å². The summed E-state index contributed by atoms with van der Waals surface area (Å²) in [5.41, 5.74) is 2.08. The highest BCUT2D eigenvalue weighted by Gasteiger charge is 2.23. The first-order valence-electron chi connectivity index (χ1n) is 8.08. The summed E-state index contributed by atoms with van der Waals surface area (Å²) in [7, 11) is -3.74. The smallest absolute Gasteiger partial charge is 0.269 e. The second-order valence-electron chi connectivity index (χ2n) is 6.51. The molecule has 3 rings (SSSR count). The molecule has 0 unspecified atom stereocenters. The van der Waals surface area contributed by atoms with Crippen molar-refractivity contribution in [2.75, 3.05) is 6.61 Å². The van der Waals surface area contributed by atoms with Gasteiger partial charge in [0, 0.05) is 6.20 Å². The van der Waals surface area contributed by atoms with Crippen LogP contribution in [0.25, 0.3) is 11.0 Å². The highest BCUT2D eigenvalue weighted by atomic mass is 32.2. The van der Waals surface area contributed by atoms with Gasteiger partial charge in [-0.25, -0.2) is 22.4 Å². The number of benzene rings is 1. The van der Waals surface area contributed by atoms with Crippen molar-refractivity contribution in [2.45, 2.75) is 32.6 Å². The van der Waals surface area contributed by atoms with Crippen molar-refractivity contribution < 1.29 is 13.2 Å². The molecule has 1 aromatic carbocycles. The number of hydrogen-bond acceptors (Lipinski definition) is 5. The Labute approximate surface area is 147 Å². The van der Waals surface area contributed by atoms with Gasteiger partial charge in [-0.15, -0.1) is 0 Å². The molecule has 0 saturated heterocycles. The topological polar surface area (TPSA) is 74.1 Å². The number of rotatable bonds is 5. The molecule has 0 radical (unpaired) electrons. The summed E-state index contributed by atoms with van der Waals surface area (Å²) in [6.07, 6.45) is 2.90. The summed E-state index contributed by atoms with van der Waals surface area (Å²) < 4.78 is 33.0. The third kappa shape index (κ3) is 3.24. The average Bonchev–Trinajstić information content (AvgIpc) is 2.92. The minimum absolute atomic E-state index is 0.221. The van der Waals surface area contributed by atoms with Crippen molar-refractivity contribution in [1.29, 1.82) is 0 Å². The van der Waals surface area contributed by atoms with Crippen LogP contribution >= 0.6 is 0 Å². The summed E-state index contributed by atoms with van der Waals surface area (Å²) in [5, 5.41) is 0.624. The molecule has 0 amide bonds. The minimum Gasteiger partial charge on any atom is -0.477 e. The van der Waals surface area contributed by atoms with Crippen molar-refractivity contribution in [2.24, 2.45) is 5.92 Å². The van der Waals surface area contributed by atoms with Gasteiger partial charge in [0.05, 0.1) is 16.9 Å². The third-order valence-corrected chi connectivity index (χ3v) is 5.50. The molecule has 6 nitrogen and oxygen atoms in total. The van der Waals surface area contributed by atoms with E-state index in [1.165, 1.54) is 10.3 Å². The molecule has 0 aliphatic heterocycles. The monoisotopic (exact) mass is 359 g/mol. The largest absolute Gasteiger partial charge is 0.477 e. The summed E-state index contributed by atoms with van der Waals surface area (Å²) >= 11 is 0. The fourth-order valence-corrected chi connectivity index (χ4v) is 3.91. The average molecular weight is 359 g/mol. The van der Waals surface area contributed by atoms with Crippen molar-refractivity contribution in [1.82, 2.24) is 13.9 Å². The van der Waals surface area contributed by atoms with E-state index in [1.54, 1.807) is 30.5 Å². The van der Waals surface area contributed by atoms with Crippen LogP contribution in [0, 0.1) is 19.8 Å². The zero-order chi connectivity index (χ0) is 18.2. The van der Waals surface area contributed by atoms with E-state index in [2.05, 4.69) is 9.97 Å². The van der Waals surface area contributed by atoms with Gasteiger partial charge in [-0.05, 0) is 37.5 Å². The Hall–Kier alpha value is -2.41. The van der Waals surface area contributed by atoms with Crippen LogP contribution in [0.5, 0.6) is 5.88 Å². The van der Waals surface area contributed by atoms with E-state index < -0.39 is 10.0 Å². The molecule has 0 N–H and O–H groups in total. The van der Waals surface area contributed by atoms with Crippen LogP contribution < -0.4 is 4.74 Å². The number of aryl methyl sites for hydroxylation is 2. The zero-order valence-corrected chi connectivity index (χ0v) is 15.5. The van der Waals surface area contributed by atoms with E-state index in [4.69, 9.17) is 4.74 Å². The van der Waals surface area contributed by atoms with E-state index >= 15 is 0 Å². The molecule has 2 aromatic heterocycles. The molecular formula is C18H21N3O3S. The van der Waals surface area contributed by atoms with Gasteiger partial charge in [0.15, 0.2) is 5.65 Å². The zero-order valence-electron chi connectivity index (χ0n) is 14.7. The Balaban J connectivity index is 2.15. The molecule has 2 heterocycles. The molecule has 7 heteroatoms. The van der Waals surface area contributed by atoms with Gasteiger partial charge in [-0.1, -0.05) is 31.5 Å². The number of hydrogen-bond donors (Lipinski definition) is 0. The maximum Gasteiger partial charge on any atom is 0.269 e. The highest BCUT2D eigenvalue weighted by Crippen LogP contribution is 2.29. The molecule has 3 aromatic rings. The molecule has 25 heavy (non-hydrogen) atoms. The first kappa shape index (κ1) is 17.4. The van der Waals surface area contributed by atoms with Crippen LogP contribution in [0.1, 0.15) is 25.0 Å². The van der Waals surface area contributed by atoms with E-state index in [0.29, 0.717) is 29.4 Å². The molecular weight excluding hydrogens is 338 g/mol. The van der Waals surface area contributed by atoms with Gasteiger partial charge in [-0.2, -0.15) is 0 Å². The Kier molecular flexibility index (Phi) is 4.51. The van der Waals surface area contributed by atoms with Gasteiger partial charge < -0.3 is 4.74 Å². The van der Waals surface area contributed by atoms with E-state index in [0.717, 1.165) is 11.1 Å². The Morgan fingerprint density at radius 1 is 1.12 bits per heavy atom. The first-order valence-corrected chi connectivity index (χ1v) is 9.52. The van der Waals surface area contributed by atoms with Crippen molar-refractivity contribution in [3.8, 4) is 5.88 Å². The molecule has 0 atom stereocenters. The summed E-state index contributed by atoms with van der Waals surface area (Å²) in [5.74, 6) is 0.748. The molecule has 0 bridgehead atoms. The molecule has 0 aliphatic carbocycles. The second-order valence-corrected chi connectivity index (χ2v) is 8.32. The molecule has 0 aliphatic rings. The SMILES string of the molecule is Cc1ccc(S(=O)(=O)n2cc(C)c3c(OCC(C)C)ncnc32)cc1. The van der Waals surface area contributed by atoms with Crippen LogP contribution in [-0.4, -0.2) is 29.0 Å². The Bertz CT molecular complexity index is 1010. The van der Waals surface area contributed by atoms with Gasteiger partial charge in [0.2, 0.25) is 5.88 Å². The van der Waals surface area contributed by atoms with E-state index in [-0.39, 0.29) is 4.90 Å². The lowest BCUT2D eigenvalue weighted by Crippen LogP contribution is -2.13. The summed E-state index contributed by atoms with van der Waals surface area (Å²) in [6.45, 7) is 8.32. The van der Waals surface area contributed by atoms with Crippen LogP contribution in [-0.2, 0) is 10.0 Å². The van der Waals surface area contributed by atoms with Gasteiger partial charge in [0.1, 0.15) is 6.33 Å². The Morgan fingerprint density at radius 2 is 1.80 bits per heavy atom. The first-order chi connectivity index (χ1) is 11.8. The van der Waals surface area contributed by atoms with E-state index in [1.807, 2.05) is 27.7 Å². The van der Waals surface area contributed by atoms with Crippen LogP contribution in [0.3, 0.4) is 0 Å². The fourth-order valence-electron chi connectivity index (χ4n) is 2.54. The van der Waals surface area contributed by atoms with Crippen molar-refractivity contribution >= 4 is 21.1 Å². The van der Waals surface area contributed by atoms with Crippen molar-refractivity contribution in [3.05, 3.63) is 47.9 Å². The normalized spacial score (nSPS) is 12.0. The van der Waals surface area contributed by atoms with Crippen molar-refractivity contribution in [3.63, 3.8) is 0 Å². The maximum atomic E-state index is 13.0. The predicted molar refractivity (Wildman–Crippen MR) is 96.4 cm³/mol. The van der Waals surface area contributed by atoms with Crippen LogP contribution in [0.15, 0.2) is 41.7 Å². The third-order valence-electron chi connectivity index (χ3n) is 3.84. The van der Waals surface area contributed by atoms with E-state index in [9.17, 15) is 8.42 Å². The lowest BCUT2D eigenvalue weighted by atomic mass is 10.2. The molecule has 0 spiro atoms. The highest BCUT2D eigenvalue weighted by molar-refractivity contribution is 7.90. The number of nitrogens with zero attached hydrogens (tertiary/aromatic N) is 3. The second kappa shape index (κ2) is 6.48. The summed E-state index contributed by atoms with van der Waals surface area (Å²) in [6, 6.07) is 6.75. The molecule has 132 valence electrons. The quantitative estimate of drug-likeness (QED) is 0.699. The molecule has 0 fully saturated rings. The maximum absolute atomic E-state index is 13.0.